The maximum absolute atomic E-state index is 12.0. The minimum absolute atomic E-state index is 0.171. The highest BCUT2D eigenvalue weighted by Gasteiger charge is 2.38. The number of hydrogen-bond acceptors (Lipinski definition) is 4. The van der Waals surface area contributed by atoms with Crippen molar-refractivity contribution in [3.05, 3.63) is 22.4 Å². The van der Waals surface area contributed by atoms with E-state index in [0.29, 0.717) is 4.88 Å². The van der Waals surface area contributed by atoms with Gasteiger partial charge in [-0.3, -0.25) is 9.59 Å². The van der Waals surface area contributed by atoms with Gasteiger partial charge in [-0.2, -0.15) is 0 Å². The van der Waals surface area contributed by atoms with Crippen LogP contribution >= 0.6 is 11.3 Å². The number of nitrogens with zero attached hydrogens (tertiary/aromatic N) is 1. The van der Waals surface area contributed by atoms with Gasteiger partial charge in [-0.25, -0.2) is 0 Å². The van der Waals surface area contributed by atoms with Gasteiger partial charge in [0.2, 0.25) is 5.91 Å². The molecule has 16 heavy (non-hydrogen) atoms. The summed E-state index contributed by atoms with van der Waals surface area (Å²) in [5.74, 6) is -0.809. The number of amides is 2. The highest BCUT2D eigenvalue weighted by molar-refractivity contribution is 7.12. The fraction of sp³-hybridized carbons (Fsp3) is 0.400. The van der Waals surface area contributed by atoms with Gasteiger partial charge in [-0.15, -0.1) is 11.3 Å². The van der Waals surface area contributed by atoms with E-state index >= 15 is 0 Å². The third kappa shape index (κ3) is 1.94. The van der Waals surface area contributed by atoms with E-state index in [4.69, 9.17) is 5.73 Å². The molecule has 3 N–H and O–H groups in total. The molecule has 0 aromatic carbocycles. The Hall–Kier alpha value is -1.40. The summed E-state index contributed by atoms with van der Waals surface area (Å²) in [6.07, 6.45) is -0.437. The number of rotatable bonds is 2. The first-order chi connectivity index (χ1) is 7.59. The average molecular weight is 240 g/mol. The summed E-state index contributed by atoms with van der Waals surface area (Å²) in [5, 5.41) is 11.3. The summed E-state index contributed by atoms with van der Waals surface area (Å²) in [7, 11) is 0. The maximum Gasteiger partial charge on any atom is 0.264 e. The summed E-state index contributed by atoms with van der Waals surface area (Å²) >= 11 is 1.31. The van der Waals surface area contributed by atoms with E-state index in [1.165, 1.54) is 16.2 Å². The fourth-order valence-corrected chi connectivity index (χ4v) is 2.53. The van der Waals surface area contributed by atoms with Gasteiger partial charge in [0.15, 0.2) is 0 Å². The number of nitrogens with two attached hydrogens (primary N) is 1. The molecule has 86 valence electrons. The van der Waals surface area contributed by atoms with E-state index < -0.39 is 18.1 Å². The van der Waals surface area contributed by atoms with E-state index in [0.717, 1.165) is 0 Å². The van der Waals surface area contributed by atoms with Gasteiger partial charge < -0.3 is 15.7 Å². The van der Waals surface area contributed by atoms with E-state index in [1.807, 2.05) is 0 Å². The lowest BCUT2D eigenvalue weighted by Gasteiger charge is -2.20. The van der Waals surface area contributed by atoms with Crippen LogP contribution in [0.3, 0.4) is 0 Å². The number of β-amino-alcohol motifs (C(OH)–C–C–N with tert-alkyl or cyclic N) is 1. The van der Waals surface area contributed by atoms with Crippen molar-refractivity contribution in [3.63, 3.8) is 0 Å². The SMILES string of the molecule is NC(=O)C1CC(O)CN1C(=O)c1cccs1. The first-order valence-corrected chi connectivity index (χ1v) is 5.79. The molecular formula is C10H12N2O3S. The minimum Gasteiger partial charge on any atom is -0.391 e. The largest absolute Gasteiger partial charge is 0.391 e. The molecule has 0 bridgehead atoms. The van der Waals surface area contributed by atoms with Gasteiger partial charge in [-0.1, -0.05) is 6.07 Å². The summed E-state index contributed by atoms with van der Waals surface area (Å²) < 4.78 is 0. The van der Waals surface area contributed by atoms with Crippen molar-refractivity contribution >= 4 is 23.2 Å². The minimum atomic E-state index is -0.690. The van der Waals surface area contributed by atoms with E-state index in [-0.39, 0.29) is 18.9 Å². The number of carbonyl (C=O) groups excluding carboxylic acids is 2. The average Bonchev–Trinajstić information content (AvgIpc) is 2.84. The summed E-state index contributed by atoms with van der Waals surface area (Å²) in [6.45, 7) is 0.171. The summed E-state index contributed by atoms with van der Waals surface area (Å²) in [5.41, 5.74) is 5.20. The van der Waals surface area contributed by atoms with Crippen LogP contribution < -0.4 is 5.73 Å². The molecule has 1 aliphatic heterocycles. The second kappa shape index (κ2) is 4.23. The Morgan fingerprint density at radius 1 is 1.56 bits per heavy atom. The molecule has 2 atom stereocenters. The number of carbonyl (C=O) groups is 2. The highest BCUT2D eigenvalue weighted by Crippen LogP contribution is 2.22. The highest BCUT2D eigenvalue weighted by atomic mass is 32.1. The van der Waals surface area contributed by atoms with Gasteiger partial charge in [-0.05, 0) is 11.4 Å². The lowest BCUT2D eigenvalue weighted by Crippen LogP contribution is -2.43. The number of aliphatic hydroxyl groups is 1. The first-order valence-electron chi connectivity index (χ1n) is 4.91. The van der Waals surface area contributed by atoms with Crippen LogP contribution in [0.1, 0.15) is 16.1 Å². The van der Waals surface area contributed by atoms with Crippen LogP contribution in [0.25, 0.3) is 0 Å². The van der Waals surface area contributed by atoms with Crippen molar-refractivity contribution in [3.8, 4) is 0 Å². The van der Waals surface area contributed by atoms with Gasteiger partial charge in [0, 0.05) is 13.0 Å². The van der Waals surface area contributed by atoms with Gasteiger partial charge in [0.25, 0.3) is 5.91 Å². The molecule has 6 heteroatoms. The zero-order valence-electron chi connectivity index (χ0n) is 8.50. The number of aliphatic hydroxyl groups excluding tert-OH is 1. The molecule has 2 heterocycles. The Balaban J connectivity index is 2.20. The number of likely N-dealkylation sites (tertiary alicyclic amines) is 1. The monoisotopic (exact) mass is 240 g/mol. The lowest BCUT2D eigenvalue weighted by molar-refractivity contribution is -0.121. The molecule has 1 aromatic heterocycles. The number of primary amides is 1. The van der Waals surface area contributed by atoms with Crippen molar-refractivity contribution in [2.45, 2.75) is 18.6 Å². The molecule has 2 unspecified atom stereocenters. The van der Waals surface area contributed by atoms with E-state index in [9.17, 15) is 14.7 Å². The second-order valence-corrected chi connectivity index (χ2v) is 4.69. The standard InChI is InChI=1S/C10H12N2O3S/c11-9(14)7-4-6(13)5-12(7)10(15)8-2-1-3-16-8/h1-3,6-7,13H,4-5H2,(H2,11,14). The molecule has 0 aliphatic carbocycles. The van der Waals surface area contributed by atoms with Crippen LogP contribution in [-0.4, -0.2) is 40.5 Å². The summed E-state index contributed by atoms with van der Waals surface area (Å²) in [4.78, 5) is 25.0. The molecule has 2 amide bonds. The Bertz CT molecular complexity index is 404. The van der Waals surface area contributed by atoms with Crippen LogP contribution in [0.2, 0.25) is 0 Å². The molecule has 1 aliphatic rings. The molecule has 5 nitrogen and oxygen atoms in total. The van der Waals surface area contributed by atoms with Crippen LogP contribution in [-0.2, 0) is 4.79 Å². The van der Waals surface area contributed by atoms with Crippen molar-refractivity contribution < 1.29 is 14.7 Å². The summed E-state index contributed by atoms with van der Waals surface area (Å²) in [6, 6.07) is 2.77. The lowest BCUT2D eigenvalue weighted by atomic mass is 10.2. The molecule has 2 rings (SSSR count). The molecular weight excluding hydrogens is 228 g/mol. The Morgan fingerprint density at radius 3 is 2.88 bits per heavy atom. The van der Waals surface area contributed by atoms with Crippen LogP contribution in [0.15, 0.2) is 17.5 Å². The van der Waals surface area contributed by atoms with Crippen LogP contribution in [0, 0.1) is 0 Å². The van der Waals surface area contributed by atoms with Gasteiger partial charge in [0.05, 0.1) is 11.0 Å². The molecule has 1 fully saturated rings. The topological polar surface area (TPSA) is 83.6 Å². The van der Waals surface area contributed by atoms with Gasteiger partial charge in [0.1, 0.15) is 6.04 Å². The van der Waals surface area contributed by atoms with E-state index in [2.05, 4.69) is 0 Å². The van der Waals surface area contributed by atoms with Crippen molar-refractivity contribution in [2.24, 2.45) is 5.73 Å². The molecule has 0 radical (unpaired) electrons. The van der Waals surface area contributed by atoms with Crippen molar-refractivity contribution in [1.29, 1.82) is 0 Å². The van der Waals surface area contributed by atoms with E-state index in [1.54, 1.807) is 17.5 Å². The predicted molar refractivity (Wildman–Crippen MR) is 59.0 cm³/mol. The third-order valence-electron chi connectivity index (χ3n) is 2.60. The molecule has 0 spiro atoms. The zero-order valence-corrected chi connectivity index (χ0v) is 9.31. The number of hydrogen-bond donors (Lipinski definition) is 2. The van der Waals surface area contributed by atoms with Crippen LogP contribution in [0.4, 0.5) is 0 Å². The maximum atomic E-state index is 12.0. The Labute approximate surface area is 96.5 Å². The van der Waals surface area contributed by atoms with Crippen molar-refractivity contribution in [1.82, 2.24) is 4.90 Å². The Morgan fingerprint density at radius 2 is 2.31 bits per heavy atom. The van der Waals surface area contributed by atoms with Gasteiger partial charge >= 0.3 is 0 Å². The third-order valence-corrected chi connectivity index (χ3v) is 3.46. The molecule has 1 saturated heterocycles. The second-order valence-electron chi connectivity index (χ2n) is 3.74. The fourth-order valence-electron chi connectivity index (χ4n) is 1.85. The predicted octanol–water partition coefficient (Wildman–Crippen LogP) is -0.191. The zero-order chi connectivity index (χ0) is 11.7. The number of thiophene rings is 1. The Kier molecular flexibility index (Phi) is 2.93. The normalized spacial score (nSPS) is 24.7. The van der Waals surface area contributed by atoms with Crippen molar-refractivity contribution in [2.75, 3.05) is 6.54 Å². The molecule has 0 saturated carbocycles. The van der Waals surface area contributed by atoms with Crippen LogP contribution in [0.5, 0.6) is 0 Å². The first kappa shape index (κ1) is 11.1. The smallest absolute Gasteiger partial charge is 0.264 e. The quantitative estimate of drug-likeness (QED) is 0.751. The molecule has 1 aromatic rings.